The van der Waals surface area contributed by atoms with Crippen LogP contribution in [0.15, 0.2) is 6.07 Å². The molecule has 0 unspecified atom stereocenters. The Morgan fingerprint density at radius 3 is 2.53 bits per heavy atom. The van der Waals surface area contributed by atoms with Crippen molar-refractivity contribution in [3.05, 3.63) is 34.4 Å². The molecule has 3 aliphatic rings. The monoisotopic (exact) mass is 412 g/mol. The lowest BCUT2D eigenvalue weighted by Crippen LogP contribution is -2.50. The van der Waals surface area contributed by atoms with Crippen LogP contribution in [-0.2, 0) is 31.9 Å². The number of rotatable bonds is 3. The van der Waals surface area contributed by atoms with E-state index in [0.29, 0.717) is 43.5 Å². The van der Waals surface area contributed by atoms with Crippen LogP contribution in [0.1, 0.15) is 63.6 Å². The van der Waals surface area contributed by atoms with Crippen molar-refractivity contribution in [2.24, 2.45) is 14.1 Å². The van der Waals surface area contributed by atoms with Crippen LogP contribution >= 0.6 is 0 Å². The number of piperidine rings is 1. The molecular formula is C21H28N6O3. The van der Waals surface area contributed by atoms with Gasteiger partial charge in [0.15, 0.2) is 11.4 Å². The SMILES string of the molecule is Cc1cc(C(=O)N2CCC3(CC2)Cc2c(c(C(=O)NC4CC4)nn2C)CO3)nn1C. The van der Waals surface area contributed by atoms with Crippen molar-refractivity contribution in [1.29, 1.82) is 0 Å². The van der Waals surface area contributed by atoms with Crippen LogP contribution in [0, 0.1) is 6.92 Å². The van der Waals surface area contributed by atoms with Crippen LogP contribution in [-0.4, -0.2) is 61.0 Å². The summed E-state index contributed by atoms with van der Waals surface area (Å²) in [6, 6.07) is 2.13. The number of aryl methyl sites for hydroxylation is 3. The van der Waals surface area contributed by atoms with E-state index in [-0.39, 0.29) is 17.4 Å². The number of nitrogens with one attached hydrogen (secondary N) is 1. The Morgan fingerprint density at radius 2 is 1.90 bits per heavy atom. The first kappa shape index (κ1) is 19.3. The van der Waals surface area contributed by atoms with E-state index >= 15 is 0 Å². The van der Waals surface area contributed by atoms with Crippen molar-refractivity contribution in [1.82, 2.24) is 29.8 Å². The van der Waals surface area contributed by atoms with Crippen molar-refractivity contribution in [2.75, 3.05) is 13.1 Å². The summed E-state index contributed by atoms with van der Waals surface area (Å²) < 4.78 is 9.88. The highest BCUT2D eigenvalue weighted by molar-refractivity contribution is 5.94. The first-order valence-electron chi connectivity index (χ1n) is 10.6. The Kier molecular flexibility index (Phi) is 4.46. The van der Waals surface area contributed by atoms with Crippen molar-refractivity contribution in [3.8, 4) is 0 Å². The average Bonchev–Trinajstić information content (AvgIpc) is 3.40. The standard InChI is InChI=1S/C21H28N6O3/c1-13-10-16(23-25(13)2)20(29)27-8-6-21(7-9-27)11-17-15(12-30-21)18(24-26(17)3)19(28)22-14-4-5-14/h10,14H,4-9,11-12H2,1-3H3,(H,22,28). The zero-order valence-electron chi connectivity index (χ0n) is 17.8. The third-order valence-electron chi connectivity index (χ3n) is 6.71. The molecule has 2 aromatic rings. The van der Waals surface area contributed by atoms with Gasteiger partial charge < -0.3 is 15.0 Å². The molecule has 4 heterocycles. The lowest BCUT2D eigenvalue weighted by atomic mass is 9.83. The van der Waals surface area contributed by atoms with Gasteiger partial charge in [-0.3, -0.25) is 19.0 Å². The first-order valence-corrected chi connectivity index (χ1v) is 10.6. The highest BCUT2D eigenvalue weighted by Crippen LogP contribution is 2.37. The third kappa shape index (κ3) is 3.30. The van der Waals surface area contributed by atoms with E-state index in [4.69, 9.17) is 4.74 Å². The molecule has 9 heteroatoms. The quantitative estimate of drug-likeness (QED) is 0.815. The van der Waals surface area contributed by atoms with Gasteiger partial charge in [0, 0.05) is 56.6 Å². The van der Waals surface area contributed by atoms with Crippen LogP contribution in [0.4, 0.5) is 0 Å². The number of hydrogen-bond acceptors (Lipinski definition) is 5. The molecular weight excluding hydrogens is 384 g/mol. The maximum Gasteiger partial charge on any atom is 0.274 e. The second-order valence-electron chi connectivity index (χ2n) is 8.88. The zero-order valence-corrected chi connectivity index (χ0v) is 17.8. The Hall–Kier alpha value is -2.68. The minimum absolute atomic E-state index is 0.0235. The maximum absolute atomic E-state index is 12.8. The number of carbonyl (C=O) groups is 2. The zero-order chi connectivity index (χ0) is 21.0. The van der Waals surface area contributed by atoms with Gasteiger partial charge in [-0.05, 0) is 38.7 Å². The van der Waals surface area contributed by atoms with Crippen LogP contribution in [0.5, 0.6) is 0 Å². The van der Waals surface area contributed by atoms with Crippen molar-refractivity contribution < 1.29 is 14.3 Å². The normalized spacial score (nSPS) is 20.3. The van der Waals surface area contributed by atoms with Crippen molar-refractivity contribution >= 4 is 11.8 Å². The summed E-state index contributed by atoms with van der Waals surface area (Å²) in [5.41, 5.74) is 3.63. The number of carbonyl (C=O) groups excluding carboxylic acids is 2. The molecule has 2 aliphatic heterocycles. The molecule has 1 saturated carbocycles. The molecule has 1 spiro atoms. The minimum Gasteiger partial charge on any atom is -0.370 e. The molecule has 30 heavy (non-hydrogen) atoms. The summed E-state index contributed by atoms with van der Waals surface area (Å²) in [5.74, 6) is -0.121. The largest absolute Gasteiger partial charge is 0.370 e. The van der Waals surface area contributed by atoms with E-state index in [2.05, 4.69) is 15.5 Å². The van der Waals surface area contributed by atoms with Gasteiger partial charge in [0.2, 0.25) is 0 Å². The lowest BCUT2D eigenvalue weighted by Gasteiger charge is -2.43. The fraction of sp³-hybridized carbons (Fsp3) is 0.619. The van der Waals surface area contributed by atoms with Gasteiger partial charge in [-0.15, -0.1) is 0 Å². The van der Waals surface area contributed by atoms with Crippen LogP contribution in [0.2, 0.25) is 0 Å². The summed E-state index contributed by atoms with van der Waals surface area (Å²) in [5, 5.41) is 11.8. The molecule has 2 aromatic heterocycles. The maximum atomic E-state index is 12.8. The molecule has 160 valence electrons. The molecule has 0 radical (unpaired) electrons. The number of nitrogens with zero attached hydrogens (tertiary/aromatic N) is 5. The van der Waals surface area contributed by atoms with E-state index in [9.17, 15) is 9.59 Å². The fourth-order valence-corrected chi connectivity index (χ4v) is 4.49. The van der Waals surface area contributed by atoms with Gasteiger partial charge in [-0.2, -0.15) is 10.2 Å². The summed E-state index contributed by atoms with van der Waals surface area (Å²) in [4.78, 5) is 27.2. The number of aromatic nitrogens is 4. The van der Waals surface area contributed by atoms with Crippen molar-refractivity contribution in [2.45, 2.75) is 57.3 Å². The molecule has 0 bridgehead atoms. The Morgan fingerprint density at radius 1 is 1.17 bits per heavy atom. The Bertz CT molecular complexity index is 991. The van der Waals surface area contributed by atoms with E-state index in [1.807, 2.05) is 36.7 Å². The molecule has 1 N–H and O–H groups in total. The predicted octanol–water partition coefficient (Wildman–Crippen LogP) is 1.10. The van der Waals surface area contributed by atoms with E-state index in [1.165, 1.54) is 0 Å². The van der Waals surface area contributed by atoms with Gasteiger partial charge in [0.05, 0.1) is 12.2 Å². The van der Waals surface area contributed by atoms with Gasteiger partial charge in [-0.1, -0.05) is 0 Å². The number of fused-ring (bicyclic) bond motifs is 1. The highest BCUT2D eigenvalue weighted by Gasteiger charge is 2.43. The van der Waals surface area contributed by atoms with Gasteiger partial charge in [0.1, 0.15) is 0 Å². The molecule has 0 aromatic carbocycles. The second-order valence-corrected chi connectivity index (χ2v) is 8.88. The smallest absolute Gasteiger partial charge is 0.274 e. The summed E-state index contributed by atoms with van der Waals surface area (Å²) in [6.45, 7) is 3.60. The molecule has 5 rings (SSSR count). The Balaban J connectivity index is 1.28. The third-order valence-corrected chi connectivity index (χ3v) is 6.71. The van der Waals surface area contributed by atoms with Gasteiger partial charge in [0.25, 0.3) is 11.8 Å². The second kappa shape index (κ2) is 6.94. The number of amides is 2. The highest BCUT2D eigenvalue weighted by atomic mass is 16.5. The molecule has 1 aliphatic carbocycles. The lowest BCUT2D eigenvalue weighted by molar-refractivity contribution is -0.0990. The van der Waals surface area contributed by atoms with E-state index < -0.39 is 0 Å². The summed E-state index contributed by atoms with van der Waals surface area (Å²) >= 11 is 0. The van der Waals surface area contributed by atoms with Crippen LogP contribution in [0.25, 0.3) is 0 Å². The molecule has 2 fully saturated rings. The number of hydrogen-bond donors (Lipinski definition) is 1. The molecule has 0 atom stereocenters. The van der Waals surface area contributed by atoms with Gasteiger partial charge >= 0.3 is 0 Å². The van der Waals surface area contributed by atoms with Crippen LogP contribution in [0.3, 0.4) is 0 Å². The van der Waals surface area contributed by atoms with Crippen molar-refractivity contribution in [3.63, 3.8) is 0 Å². The average molecular weight is 412 g/mol. The van der Waals surface area contributed by atoms with Crippen LogP contribution < -0.4 is 5.32 Å². The molecule has 1 saturated heterocycles. The van der Waals surface area contributed by atoms with E-state index in [1.54, 1.807) is 4.68 Å². The van der Waals surface area contributed by atoms with E-state index in [0.717, 1.165) is 42.6 Å². The van der Waals surface area contributed by atoms with Gasteiger partial charge in [-0.25, -0.2) is 0 Å². The minimum atomic E-state index is -0.304. The molecule has 2 amide bonds. The summed E-state index contributed by atoms with van der Waals surface area (Å²) in [7, 11) is 3.74. The first-order chi connectivity index (χ1) is 14.3. The number of likely N-dealkylation sites (tertiary alicyclic amines) is 1. The summed E-state index contributed by atoms with van der Waals surface area (Å²) in [6.07, 6.45) is 4.34. The fourth-order valence-electron chi connectivity index (χ4n) is 4.49. The Labute approximate surface area is 175 Å². The predicted molar refractivity (Wildman–Crippen MR) is 108 cm³/mol. The number of ether oxygens (including phenoxy) is 1. The molecule has 9 nitrogen and oxygen atoms in total. The topological polar surface area (TPSA) is 94.3 Å².